The number of nitrogens with zero attached hydrogens (tertiary/aromatic N) is 1. The van der Waals surface area contributed by atoms with Gasteiger partial charge in [0, 0.05) is 10.6 Å². The van der Waals surface area contributed by atoms with Gasteiger partial charge >= 0.3 is 0 Å². The van der Waals surface area contributed by atoms with Crippen molar-refractivity contribution in [3.05, 3.63) is 34.6 Å². The van der Waals surface area contributed by atoms with Crippen molar-refractivity contribution in [3.63, 3.8) is 0 Å². The van der Waals surface area contributed by atoms with Crippen LogP contribution in [0.5, 0.6) is 0 Å². The van der Waals surface area contributed by atoms with Crippen LogP contribution in [-0.2, 0) is 6.42 Å². The molecule has 0 amide bonds. The summed E-state index contributed by atoms with van der Waals surface area (Å²) in [5, 5.41) is 18.0. The van der Waals surface area contributed by atoms with Crippen molar-refractivity contribution >= 4 is 11.6 Å². The second-order valence-electron chi connectivity index (χ2n) is 3.25. The molecule has 15 heavy (non-hydrogen) atoms. The average Bonchev–Trinajstić information content (AvgIpc) is 2.17. The first-order valence-corrected chi connectivity index (χ1v) is 5.01. The minimum absolute atomic E-state index is 0.0616. The minimum atomic E-state index is -0.717. The van der Waals surface area contributed by atoms with Crippen LogP contribution in [0.1, 0.15) is 18.4 Å². The summed E-state index contributed by atoms with van der Waals surface area (Å²) in [5.41, 5.74) is 0.399. The lowest BCUT2D eigenvalue weighted by atomic mass is 10.0. The van der Waals surface area contributed by atoms with Gasteiger partial charge in [-0.3, -0.25) is 0 Å². The molecular weight excluding hydrogens is 217 g/mol. The Kier molecular flexibility index (Phi) is 4.54. The van der Waals surface area contributed by atoms with Crippen molar-refractivity contribution in [1.29, 1.82) is 5.26 Å². The highest BCUT2D eigenvalue weighted by Crippen LogP contribution is 2.21. The normalized spacial score (nSPS) is 12.1. The van der Waals surface area contributed by atoms with Crippen molar-refractivity contribution in [3.8, 4) is 6.07 Å². The number of aliphatic hydroxyl groups excluding tert-OH is 1. The van der Waals surface area contributed by atoms with E-state index in [9.17, 15) is 9.50 Å². The number of aliphatic hydroxyl groups is 1. The number of hydrogen-bond acceptors (Lipinski definition) is 2. The molecule has 0 saturated carbocycles. The van der Waals surface area contributed by atoms with Gasteiger partial charge in [0.25, 0.3) is 0 Å². The molecule has 0 spiro atoms. The van der Waals surface area contributed by atoms with Gasteiger partial charge in [-0.2, -0.15) is 5.26 Å². The highest BCUT2D eigenvalue weighted by Gasteiger charge is 2.09. The van der Waals surface area contributed by atoms with E-state index < -0.39 is 6.10 Å². The van der Waals surface area contributed by atoms with Crippen LogP contribution < -0.4 is 0 Å². The molecule has 0 aliphatic carbocycles. The van der Waals surface area contributed by atoms with E-state index in [4.69, 9.17) is 16.9 Å². The summed E-state index contributed by atoms with van der Waals surface area (Å²) in [5.74, 6) is -0.369. The third kappa shape index (κ3) is 3.50. The van der Waals surface area contributed by atoms with Gasteiger partial charge in [0.1, 0.15) is 5.82 Å². The van der Waals surface area contributed by atoms with Gasteiger partial charge in [0.15, 0.2) is 0 Å². The van der Waals surface area contributed by atoms with Gasteiger partial charge < -0.3 is 5.11 Å². The first kappa shape index (κ1) is 12.0. The van der Waals surface area contributed by atoms with Crippen LogP contribution >= 0.6 is 11.6 Å². The van der Waals surface area contributed by atoms with Crippen molar-refractivity contribution in [1.82, 2.24) is 0 Å². The molecule has 1 aromatic carbocycles. The van der Waals surface area contributed by atoms with Gasteiger partial charge in [-0.25, -0.2) is 4.39 Å². The standard InChI is InChI=1S/C11H11ClFNO/c12-10-2-1-3-11(13)9(10)5-4-8(15)6-7-14/h1-3,8,15H,4-6H2. The Bertz CT molecular complexity index is 355. The molecule has 2 nitrogen and oxygen atoms in total. The van der Waals surface area contributed by atoms with Crippen LogP contribution in [0.3, 0.4) is 0 Å². The molecule has 1 N–H and O–H groups in total. The Hall–Kier alpha value is -1.11. The van der Waals surface area contributed by atoms with E-state index in [0.29, 0.717) is 23.4 Å². The predicted molar refractivity (Wildman–Crippen MR) is 56.0 cm³/mol. The molecule has 0 saturated heterocycles. The Morgan fingerprint density at radius 2 is 2.27 bits per heavy atom. The average molecular weight is 228 g/mol. The van der Waals surface area contributed by atoms with E-state index in [-0.39, 0.29) is 12.2 Å². The Morgan fingerprint density at radius 3 is 2.87 bits per heavy atom. The summed E-state index contributed by atoms with van der Waals surface area (Å²) in [7, 11) is 0. The summed E-state index contributed by atoms with van der Waals surface area (Å²) in [6.07, 6.45) is 0.0277. The van der Waals surface area contributed by atoms with Gasteiger partial charge in [-0.15, -0.1) is 0 Å². The summed E-state index contributed by atoms with van der Waals surface area (Å²) < 4.78 is 13.3. The van der Waals surface area contributed by atoms with E-state index in [0.717, 1.165) is 0 Å². The van der Waals surface area contributed by atoms with E-state index >= 15 is 0 Å². The zero-order valence-corrected chi connectivity index (χ0v) is 8.84. The number of nitriles is 1. The second kappa shape index (κ2) is 5.69. The maximum Gasteiger partial charge on any atom is 0.127 e. The zero-order chi connectivity index (χ0) is 11.3. The molecule has 0 aliphatic heterocycles. The molecule has 0 fully saturated rings. The zero-order valence-electron chi connectivity index (χ0n) is 8.08. The number of hydrogen-bond donors (Lipinski definition) is 1. The SMILES string of the molecule is N#CCC(O)CCc1c(F)cccc1Cl. The van der Waals surface area contributed by atoms with Crippen LogP contribution in [0.15, 0.2) is 18.2 Å². The molecule has 0 radical (unpaired) electrons. The fourth-order valence-corrected chi connectivity index (χ4v) is 1.55. The van der Waals surface area contributed by atoms with Crippen LogP contribution in [0, 0.1) is 17.1 Å². The molecule has 1 atom stereocenters. The fraction of sp³-hybridized carbons (Fsp3) is 0.364. The molecule has 1 rings (SSSR count). The monoisotopic (exact) mass is 227 g/mol. The third-order valence-electron chi connectivity index (χ3n) is 2.12. The van der Waals surface area contributed by atoms with Crippen LogP contribution in [0.25, 0.3) is 0 Å². The molecule has 0 aromatic heterocycles. The second-order valence-corrected chi connectivity index (χ2v) is 3.66. The van der Waals surface area contributed by atoms with Gasteiger partial charge in [0.05, 0.1) is 18.6 Å². The molecule has 0 heterocycles. The predicted octanol–water partition coefficient (Wildman–Crippen LogP) is 2.69. The van der Waals surface area contributed by atoms with Crippen LogP contribution in [-0.4, -0.2) is 11.2 Å². The summed E-state index contributed by atoms with van der Waals surface area (Å²) >= 11 is 5.80. The quantitative estimate of drug-likeness (QED) is 0.860. The van der Waals surface area contributed by atoms with Crippen molar-refractivity contribution in [2.45, 2.75) is 25.4 Å². The molecule has 80 valence electrons. The first-order valence-electron chi connectivity index (χ1n) is 4.63. The Morgan fingerprint density at radius 1 is 1.53 bits per heavy atom. The molecule has 1 unspecified atom stereocenters. The molecular formula is C11H11ClFNO. The Labute approximate surface area is 92.9 Å². The van der Waals surface area contributed by atoms with Crippen molar-refractivity contribution < 1.29 is 9.50 Å². The summed E-state index contributed by atoms with van der Waals surface area (Å²) in [6, 6.07) is 6.33. The maximum absolute atomic E-state index is 13.3. The summed E-state index contributed by atoms with van der Waals surface area (Å²) in [4.78, 5) is 0. The molecule has 0 aliphatic rings. The topological polar surface area (TPSA) is 44.0 Å². The highest BCUT2D eigenvalue weighted by atomic mass is 35.5. The van der Waals surface area contributed by atoms with Gasteiger partial charge in [-0.1, -0.05) is 17.7 Å². The van der Waals surface area contributed by atoms with Gasteiger partial charge in [-0.05, 0) is 25.0 Å². The van der Waals surface area contributed by atoms with Crippen LogP contribution in [0.4, 0.5) is 4.39 Å². The highest BCUT2D eigenvalue weighted by molar-refractivity contribution is 6.31. The molecule has 4 heteroatoms. The largest absolute Gasteiger partial charge is 0.392 e. The number of rotatable bonds is 4. The summed E-state index contributed by atoms with van der Waals surface area (Å²) in [6.45, 7) is 0. The van der Waals surface area contributed by atoms with E-state index in [1.54, 1.807) is 6.07 Å². The fourth-order valence-electron chi connectivity index (χ4n) is 1.29. The number of halogens is 2. The van der Waals surface area contributed by atoms with Crippen molar-refractivity contribution in [2.24, 2.45) is 0 Å². The first-order chi connectivity index (χ1) is 7.15. The lowest BCUT2D eigenvalue weighted by Gasteiger charge is -2.08. The van der Waals surface area contributed by atoms with Crippen molar-refractivity contribution in [2.75, 3.05) is 0 Å². The van der Waals surface area contributed by atoms with E-state index in [1.807, 2.05) is 6.07 Å². The van der Waals surface area contributed by atoms with E-state index in [2.05, 4.69) is 0 Å². The lowest BCUT2D eigenvalue weighted by molar-refractivity contribution is 0.169. The molecule has 0 bridgehead atoms. The lowest BCUT2D eigenvalue weighted by Crippen LogP contribution is -2.07. The minimum Gasteiger partial charge on any atom is -0.392 e. The third-order valence-corrected chi connectivity index (χ3v) is 2.47. The van der Waals surface area contributed by atoms with Crippen LogP contribution in [0.2, 0.25) is 5.02 Å². The van der Waals surface area contributed by atoms with Gasteiger partial charge in [0.2, 0.25) is 0 Å². The molecule has 1 aromatic rings. The smallest absolute Gasteiger partial charge is 0.127 e. The Balaban J connectivity index is 2.62. The maximum atomic E-state index is 13.3. The number of benzene rings is 1. The van der Waals surface area contributed by atoms with E-state index in [1.165, 1.54) is 12.1 Å².